The highest BCUT2D eigenvalue weighted by Gasteiger charge is 2.55. The maximum Gasteiger partial charge on any atom is 0.309 e. The van der Waals surface area contributed by atoms with Crippen LogP contribution in [0.3, 0.4) is 0 Å². The van der Waals surface area contributed by atoms with Crippen LogP contribution < -0.4 is 0 Å². The van der Waals surface area contributed by atoms with E-state index in [1.165, 1.54) is 0 Å². The molecule has 0 radical (unpaired) electrons. The van der Waals surface area contributed by atoms with E-state index in [0.717, 1.165) is 4.90 Å². The summed E-state index contributed by atoms with van der Waals surface area (Å²) in [6.45, 7) is 1.55. The minimum atomic E-state index is -1.42. The van der Waals surface area contributed by atoms with Crippen molar-refractivity contribution in [2.24, 2.45) is 0 Å². The summed E-state index contributed by atoms with van der Waals surface area (Å²) in [7, 11) is 0. The first-order valence-corrected chi connectivity index (χ1v) is 7.83. The normalized spacial score (nSPS) is 22.0. The van der Waals surface area contributed by atoms with Crippen molar-refractivity contribution in [1.29, 1.82) is 5.26 Å². The second-order valence-electron chi connectivity index (χ2n) is 5.74. The standard InChI is InChI=1S/C19H13ClN2O3/c1-19(13-7-9-14(20)10-8-13)15(17(24)18(25)22(19)11-21)16(23)12-5-3-2-4-6-12/h2-10,23H,1H3/b16-15-. The maximum absolute atomic E-state index is 12.6. The number of aliphatic hydroxyl groups excluding tert-OH is 1. The molecule has 1 atom stereocenters. The van der Waals surface area contributed by atoms with Crippen LogP contribution in [-0.4, -0.2) is 21.7 Å². The highest BCUT2D eigenvalue weighted by Crippen LogP contribution is 2.44. The number of likely N-dealkylation sites (tertiary alicyclic amines) is 1. The van der Waals surface area contributed by atoms with E-state index in [-0.39, 0.29) is 11.3 Å². The van der Waals surface area contributed by atoms with Crippen molar-refractivity contribution in [2.45, 2.75) is 12.5 Å². The van der Waals surface area contributed by atoms with Gasteiger partial charge in [-0.1, -0.05) is 54.1 Å². The van der Waals surface area contributed by atoms with Crippen molar-refractivity contribution >= 4 is 29.1 Å². The molecule has 2 aromatic rings. The number of benzene rings is 2. The molecule has 1 fully saturated rings. The molecular weight excluding hydrogens is 340 g/mol. The van der Waals surface area contributed by atoms with Crippen LogP contribution in [0.4, 0.5) is 0 Å². The van der Waals surface area contributed by atoms with Crippen LogP contribution in [0.15, 0.2) is 60.2 Å². The van der Waals surface area contributed by atoms with E-state index in [4.69, 9.17) is 11.6 Å². The van der Waals surface area contributed by atoms with Crippen LogP contribution in [0.25, 0.3) is 5.76 Å². The van der Waals surface area contributed by atoms with E-state index < -0.39 is 17.2 Å². The molecule has 0 bridgehead atoms. The van der Waals surface area contributed by atoms with Crippen molar-refractivity contribution in [3.05, 3.63) is 76.3 Å². The molecule has 1 N–H and O–H groups in total. The van der Waals surface area contributed by atoms with Crippen LogP contribution in [0.2, 0.25) is 5.02 Å². The van der Waals surface area contributed by atoms with Gasteiger partial charge in [0.15, 0.2) is 6.19 Å². The summed E-state index contributed by atoms with van der Waals surface area (Å²) in [4.78, 5) is 25.7. The molecule has 1 amide bonds. The monoisotopic (exact) mass is 352 g/mol. The molecule has 3 rings (SSSR count). The summed E-state index contributed by atoms with van der Waals surface area (Å²) < 4.78 is 0. The molecule has 1 heterocycles. The molecule has 0 aliphatic carbocycles. The Hall–Kier alpha value is -3.10. The largest absolute Gasteiger partial charge is 0.507 e. The molecule has 0 aromatic heterocycles. The second kappa shape index (κ2) is 6.08. The molecule has 1 unspecified atom stereocenters. The van der Waals surface area contributed by atoms with Crippen molar-refractivity contribution in [3.63, 3.8) is 0 Å². The lowest BCUT2D eigenvalue weighted by molar-refractivity contribution is -0.138. The van der Waals surface area contributed by atoms with Crippen molar-refractivity contribution in [1.82, 2.24) is 4.90 Å². The van der Waals surface area contributed by atoms with Gasteiger partial charge in [0.25, 0.3) is 5.78 Å². The molecule has 1 saturated heterocycles. The van der Waals surface area contributed by atoms with E-state index in [0.29, 0.717) is 16.1 Å². The topological polar surface area (TPSA) is 81.4 Å². The Bertz CT molecular complexity index is 929. The summed E-state index contributed by atoms with van der Waals surface area (Å²) >= 11 is 5.91. The quantitative estimate of drug-likeness (QED) is 0.388. The lowest BCUT2D eigenvalue weighted by Crippen LogP contribution is -2.38. The van der Waals surface area contributed by atoms with Crippen LogP contribution in [0, 0.1) is 11.5 Å². The zero-order chi connectivity index (χ0) is 18.2. The summed E-state index contributed by atoms with van der Waals surface area (Å²) in [5.41, 5.74) is -0.672. The minimum Gasteiger partial charge on any atom is -0.507 e. The maximum atomic E-state index is 12.6. The lowest BCUT2D eigenvalue weighted by atomic mass is 9.83. The SMILES string of the molecule is CC1(c2ccc(Cl)cc2)/C(=C(\O)c2ccccc2)C(=O)C(=O)N1C#N. The fourth-order valence-electron chi connectivity index (χ4n) is 3.02. The smallest absolute Gasteiger partial charge is 0.309 e. The fourth-order valence-corrected chi connectivity index (χ4v) is 3.14. The van der Waals surface area contributed by atoms with Gasteiger partial charge in [0.05, 0.1) is 5.57 Å². The zero-order valence-electron chi connectivity index (χ0n) is 13.2. The second-order valence-corrected chi connectivity index (χ2v) is 6.17. The molecule has 5 nitrogen and oxygen atoms in total. The van der Waals surface area contributed by atoms with E-state index in [9.17, 15) is 20.0 Å². The predicted octanol–water partition coefficient (Wildman–Crippen LogP) is 3.42. The van der Waals surface area contributed by atoms with E-state index in [1.807, 2.05) is 0 Å². The Morgan fingerprint density at radius 1 is 1.12 bits per heavy atom. The van der Waals surface area contributed by atoms with E-state index >= 15 is 0 Å². The molecule has 0 spiro atoms. The summed E-state index contributed by atoms with van der Waals surface area (Å²) in [6, 6.07) is 14.9. The van der Waals surface area contributed by atoms with Crippen LogP contribution in [-0.2, 0) is 15.1 Å². The number of carbonyl (C=O) groups excluding carboxylic acids is 2. The molecule has 2 aromatic carbocycles. The van der Waals surface area contributed by atoms with Crippen LogP contribution >= 0.6 is 11.6 Å². The van der Waals surface area contributed by atoms with Crippen molar-refractivity contribution < 1.29 is 14.7 Å². The van der Waals surface area contributed by atoms with Crippen LogP contribution in [0.5, 0.6) is 0 Å². The molecule has 124 valence electrons. The number of aliphatic hydroxyl groups is 1. The lowest BCUT2D eigenvalue weighted by Gasteiger charge is -2.30. The van der Waals surface area contributed by atoms with Gasteiger partial charge >= 0.3 is 5.91 Å². The van der Waals surface area contributed by atoms with Gasteiger partial charge in [0.2, 0.25) is 0 Å². The molecule has 25 heavy (non-hydrogen) atoms. The molecule has 6 heteroatoms. The number of ketones is 1. The average Bonchev–Trinajstić information content (AvgIpc) is 2.82. The van der Waals surface area contributed by atoms with Gasteiger partial charge in [-0.2, -0.15) is 5.26 Å². The first-order chi connectivity index (χ1) is 11.9. The fraction of sp³-hybridized carbons (Fsp3) is 0.105. The number of nitrogens with zero attached hydrogens (tertiary/aromatic N) is 2. The highest BCUT2D eigenvalue weighted by atomic mass is 35.5. The van der Waals surface area contributed by atoms with Gasteiger partial charge in [-0.3, -0.25) is 9.59 Å². The Morgan fingerprint density at radius 2 is 1.72 bits per heavy atom. The van der Waals surface area contributed by atoms with E-state index in [2.05, 4.69) is 0 Å². The van der Waals surface area contributed by atoms with Gasteiger partial charge in [-0.15, -0.1) is 0 Å². The number of hydrogen-bond acceptors (Lipinski definition) is 4. The number of amides is 1. The van der Waals surface area contributed by atoms with Gasteiger partial charge in [0, 0.05) is 10.6 Å². The number of hydrogen-bond donors (Lipinski definition) is 1. The third-order valence-electron chi connectivity index (χ3n) is 4.35. The zero-order valence-corrected chi connectivity index (χ0v) is 14.0. The number of nitriles is 1. The third-order valence-corrected chi connectivity index (χ3v) is 4.60. The summed E-state index contributed by atoms with van der Waals surface area (Å²) in [5, 5.41) is 20.6. The molecular formula is C19H13ClN2O3. The van der Waals surface area contributed by atoms with Gasteiger partial charge in [-0.25, -0.2) is 4.90 Å². The average molecular weight is 353 g/mol. The first kappa shape index (κ1) is 16.7. The Balaban J connectivity index is 2.31. The highest BCUT2D eigenvalue weighted by molar-refractivity contribution is 6.47. The van der Waals surface area contributed by atoms with Crippen molar-refractivity contribution in [3.8, 4) is 6.19 Å². The third kappa shape index (κ3) is 2.48. The van der Waals surface area contributed by atoms with Gasteiger partial charge < -0.3 is 5.11 Å². The number of rotatable bonds is 2. The predicted molar refractivity (Wildman–Crippen MR) is 92.3 cm³/mol. The minimum absolute atomic E-state index is 0.132. The Morgan fingerprint density at radius 3 is 2.28 bits per heavy atom. The Labute approximate surface area is 149 Å². The number of carbonyl (C=O) groups is 2. The van der Waals surface area contributed by atoms with Crippen LogP contribution in [0.1, 0.15) is 18.1 Å². The van der Waals surface area contributed by atoms with Gasteiger partial charge in [0.1, 0.15) is 11.3 Å². The van der Waals surface area contributed by atoms with E-state index in [1.54, 1.807) is 67.7 Å². The molecule has 1 aliphatic rings. The number of halogens is 1. The van der Waals surface area contributed by atoms with Gasteiger partial charge in [-0.05, 0) is 24.6 Å². The van der Waals surface area contributed by atoms with Crippen molar-refractivity contribution in [2.75, 3.05) is 0 Å². The summed E-state index contributed by atoms with van der Waals surface area (Å²) in [5.74, 6) is -2.20. The first-order valence-electron chi connectivity index (χ1n) is 7.45. The molecule has 0 saturated carbocycles. The molecule has 1 aliphatic heterocycles. The number of Topliss-reactive ketones (excluding diaryl/α,β-unsaturated/α-hetero) is 1. The Kier molecular flexibility index (Phi) is 4.07. The summed E-state index contributed by atoms with van der Waals surface area (Å²) in [6.07, 6.45) is 1.77.